The van der Waals surface area contributed by atoms with E-state index in [1.165, 1.54) is 6.33 Å². The summed E-state index contributed by atoms with van der Waals surface area (Å²) in [6.45, 7) is 2.91. The van der Waals surface area contributed by atoms with E-state index in [9.17, 15) is 0 Å². The molecule has 2 N–H and O–H groups in total. The normalized spacial score (nSPS) is 10.3. The Labute approximate surface area is 94.3 Å². The molecule has 0 aliphatic rings. The second kappa shape index (κ2) is 5.25. The smallest absolute Gasteiger partial charge is 0.137 e. The third kappa shape index (κ3) is 3.05. The van der Waals surface area contributed by atoms with Crippen molar-refractivity contribution in [3.63, 3.8) is 0 Å². The molecule has 5 heteroatoms. The fourth-order valence-corrected chi connectivity index (χ4v) is 1.50. The third-order valence-electron chi connectivity index (χ3n) is 2.28. The Hall–Kier alpha value is -1.91. The van der Waals surface area contributed by atoms with Gasteiger partial charge in [-0.05, 0) is 25.5 Å². The number of nitrogens with zero attached hydrogens (tertiary/aromatic N) is 3. The molecule has 2 heterocycles. The summed E-state index contributed by atoms with van der Waals surface area (Å²) >= 11 is 0. The molecule has 0 bridgehead atoms. The third-order valence-corrected chi connectivity index (χ3v) is 2.28. The quantitative estimate of drug-likeness (QED) is 0.746. The van der Waals surface area contributed by atoms with Gasteiger partial charge in [-0.2, -0.15) is 5.10 Å². The van der Waals surface area contributed by atoms with Crippen LogP contribution in [-0.4, -0.2) is 26.7 Å². The SMILES string of the molecule is Cc1cc(NCCCc2ncn[nH]2)ccn1. The monoisotopic (exact) mass is 217 g/mol. The summed E-state index contributed by atoms with van der Waals surface area (Å²) in [4.78, 5) is 8.22. The Balaban J connectivity index is 1.72. The van der Waals surface area contributed by atoms with Crippen molar-refractivity contribution in [3.05, 3.63) is 36.2 Å². The van der Waals surface area contributed by atoms with E-state index in [4.69, 9.17) is 0 Å². The van der Waals surface area contributed by atoms with Crippen LogP contribution in [-0.2, 0) is 6.42 Å². The minimum absolute atomic E-state index is 0.914. The molecule has 0 aliphatic carbocycles. The van der Waals surface area contributed by atoms with Gasteiger partial charge in [-0.1, -0.05) is 0 Å². The van der Waals surface area contributed by atoms with Gasteiger partial charge in [0, 0.05) is 30.5 Å². The van der Waals surface area contributed by atoms with Crippen LogP contribution in [0, 0.1) is 6.92 Å². The molecule has 2 aromatic rings. The molecular weight excluding hydrogens is 202 g/mol. The van der Waals surface area contributed by atoms with Crippen LogP contribution in [0.3, 0.4) is 0 Å². The number of hydrogen-bond donors (Lipinski definition) is 2. The largest absolute Gasteiger partial charge is 0.385 e. The van der Waals surface area contributed by atoms with Gasteiger partial charge in [-0.3, -0.25) is 10.1 Å². The molecule has 16 heavy (non-hydrogen) atoms. The lowest BCUT2D eigenvalue weighted by molar-refractivity contribution is 0.805. The van der Waals surface area contributed by atoms with Gasteiger partial charge < -0.3 is 5.32 Å². The predicted octanol–water partition coefficient (Wildman–Crippen LogP) is 1.55. The Kier molecular flexibility index (Phi) is 3.48. The Morgan fingerprint density at radius 1 is 1.38 bits per heavy atom. The number of anilines is 1. The van der Waals surface area contributed by atoms with Gasteiger partial charge in [0.25, 0.3) is 0 Å². The second-order valence-corrected chi connectivity index (χ2v) is 3.65. The number of aromatic amines is 1. The molecule has 0 aliphatic heterocycles. The standard InChI is InChI=1S/C11H15N5/c1-9-7-10(4-6-12-9)13-5-2-3-11-14-8-15-16-11/h4,6-8H,2-3,5H2,1H3,(H,12,13)(H,14,15,16). The number of aromatic nitrogens is 4. The number of pyridine rings is 1. The molecule has 84 valence electrons. The molecule has 2 aromatic heterocycles. The van der Waals surface area contributed by atoms with E-state index in [1.807, 2.05) is 25.3 Å². The summed E-state index contributed by atoms with van der Waals surface area (Å²) in [6.07, 6.45) is 5.29. The second-order valence-electron chi connectivity index (χ2n) is 3.65. The van der Waals surface area contributed by atoms with E-state index in [0.717, 1.165) is 36.6 Å². The Morgan fingerprint density at radius 2 is 2.31 bits per heavy atom. The summed E-state index contributed by atoms with van der Waals surface area (Å²) in [5.74, 6) is 0.938. The predicted molar refractivity (Wildman–Crippen MR) is 62.2 cm³/mol. The number of nitrogens with one attached hydrogen (secondary N) is 2. The molecule has 0 saturated heterocycles. The van der Waals surface area contributed by atoms with Crippen LogP contribution < -0.4 is 5.32 Å². The van der Waals surface area contributed by atoms with Crippen LogP contribution in [0.4, 0.5) is 5.69 Å². The highest BCUT2D eigenvalue weighted by Crippen LogP contribution is 2.06. The lowest BCUT2D eigenvalue weighted by Crippen LogP contribution is -2.04. The maximum absolute atomic E-state index is 4.15. The van der Waals surface area contributed by atoms with E-state index >= 15 is 0 Å². The van der Waals surface area contributed by atoms with Gasteiger partial charge in [-0.25, -0.2) is 4.98 Å². The van der Waals surface area contributed by atoms with Crippen molar-refractivity contribution in [2.45, 2.75) is 19.8 Å². The van der Waals surface area contributed by atoms with E-state index in [0.29, 0.717) is 0 Å². The Bertz CT molecular complexity index is 424. The van der Waals surface area contributed by atoms with Crippen molar-refractivity contribution in [2.24, 2.45) is 0 Å². The first kappa shape index (κ1) is 10.6. The minimum Gasteiger partial charge on any atom is -0.385 e. The van der Waals surface area contributed by atoms with Crippen molar-refractivity contribution in [1.29, 1.82) is 0 Å². The summed E-state index contributed by atoms with van der Waals surface area (Å²) < 4.78 is 0. The van der Waals surface area contributed by atoms with Gasteiger partial charge in [0.2, 0.25) is 0 Å². The first-order chi connectivity index (χ1) is 7.84. The molecule has 0 amide bonds. The van der Waals surface area contributed by atoms with Crippen LogP contribution in [0.15, 0.2) is 24.7 Å². The van der Waals surface area contributed by atoms with Crippen LogP contribution >= 0.6 is 0 Å². The van der Waals surface area contributed by atoms with Crippen molar-refractivity contribution >= 4 is 5.69 Å². The van der Waals surface area contributed by atoms with E-state index in [2.05, 4.69) is 25.5 Å². The van der Waals surface area contributed by atoms with Crippen LogP contribution in [0.5, 0.6) is 0 Å². The van der Waals surface area contributed by atoms with E-state index < -0.39 is 0 Å². The number of H-pyrrole nitrogens is 1. The highest BCUT2D eigenvalue weighted by atomic mass is 15.2. The molecule has 0 saturated carbocycles. The van der Waals surface area contributed by atoms with E-state index in [-0.39, 0.29) is 0 Å². The zero-order valence-corrected chi connectivity index (χ0v) is 9.27. The highest BCUT2D eigenvalue weighted by Gasteiger charge is 1.96. The molecule has 0 aromatic carbocycles. The highest BCUT2D eigenvalue weighted by molar-refractivity contribution is 5.42. The number of rotatable bonds is 5. The van der Waals surface area contributed by atoms with Crippen LogP contribution in [0.2, 0.25) is 0 Å². The fourth-order valence-electron chi connectivity index (χ4n) is 1.50. The molecule has 0 spiro atoms. The topological polar surface area (TPSA) is 66.5 Å². The van der Waals surface area contributed by atoms with Gasteiger partial charge in [-0.15, -0.1) is 0 Å². The van der Waals surface area contributed by atoms with Crippen molar-refractivity contribution in [3.8, 4) is 0 Å². The van der Waals surface area contributed by atoms with Crippen molar-refractivity contribution in [2.75, 3.05) is 11.9 Å². The minimum atomic E-state index is 0.914. The van der Waals surface area contributed by atoms with Gasteiger partial charge in [0.15, 0.2) is 0 Å². The molecule has 0 fully saturated rings. The molecule has 0 radical (unpaired) electrons. The first-order valence-corrected chi connectivity index (χ1v) is 5.35. The number of aryl methyl sites for hydroxylation is 2. The molecule has 0 unspecified atom stereocenters. The average Bonchev–Trinajstić information content (AvgIpc) is 2.77. The number of hydrogen-bond acceptors (Lipinski definition) is 4. The van der Waals surface area contributed by atoms with Crippen LogP contribution in [0.25, 0.3) is 0 Å². The lowest BCUT2D eigenvalue weighted by atomic mass is 10.3. The van der Waals surface area contributed by atoms with Crippen molar-refractivity contribution in [1.82, 2.24) is 20.2 Å². The zero-order chi connectivity index (χ0) is 11.2. The first-order valence-electron chi connectivity index (χ1n) is 5.35. The average molecular weight is 217 g/mol. The Morgan fingerprint density at radius 3 is 3.06 bits per heavy atom. The van der Waals surface area contributed by atoms with E-state index in [1.54, 1.807) is 0 Å². The van der Waals surface area contributed by atoms with Gasteiger partial charge >= 0.3 is 0 Å². The molecular formula is C11H15N5. The van der Waals surface area contributed by atoms with Gasteiger partial charge in [0.05, 0.1) is 0 Å². The summed E-state index contributed by atoms with van der Waals surface area (Å²) in [5.41, 5.74) is 2.14. The molecule has 0 atom stereocenters. The summed E-state index contributed by atoms with van der Waals surface area (Å²) in [5, 5.41) is 10.00. The van der Waals surface area contributed by atoms with Crippen LogP contribution in [0.1, 0.15) is 17.9 Å². The lowest BCUT2D eigenvalue weighted by Gasteiger charge is -2.05. The maximum atomic E-state index is 4.15. The molecule has 5 nitrogen and oxygen atoms in total. The molecule has 2 rings (SSSR count). The van der Waals surface area contributed by atoms with Crippen molar-refractivity contribution < 1.29 is 0 Å². The fraction of sp³-hybridized carbons (Fsp3) is 0.364. The van der Waals surface area contributed by atoms with Gasteiger partial charge in [0.1, 0.15) is 12.2 Å². The zero-order valence-electron chi connectivity index (χ0n) is 9.27. The summed E-state index contributed by atoms with van der Waals surface area (Å²) in [7, 11) is 0. The summed E-state index contributed by atoms with van der Waals surface area (Å²) in [6, 6.07) is 4.01. The maximum Gasteiger partial charge on any atom is 0.137 e.